The minimum absolute atomic E-state index is 0.0772. The van der Waals surface area contributed by atoms with Crippen molar-refractivity contribution in [2.45, 2.75) is 13.3 Å². The maximum Gasteiger partial charge on any atom is 0.304 e. The number of carboxylic acids is 1. The molecule has 7 heteroatoms. The average molecular weight is 308 g/mol. The van der Waals surface area contributed by atoms with Crippen molar-refractivity contribution in [1.29, 1.82) is 0 Å². The van der Waals surface area contributed by atoms with Crippen LogP contribution in [0.25, 0.3) is 0 Å². The Kier molecular flexibility index (Phi) is 4.87. The Morgan fingerprint density at radius 1 is 1.29 bits per heavy atom. The third kappa shape index (κ3) is 3.20. The van der Waals surface area contributed by atoms with E-state index in [1.807, 2.05) is 6.92 Å². The Labute approximate surface area is 125 Å². The Bertz CT molecular complexity index is 580. The van der Waals surface area contributed by atoms with Gasteiger partial charge in [0.2, 0.25) is 0 Å². The van der Waals surface area contributed by atoms with Crippen LogP contribution in [0.3, 0.4) is 0 Å². The Hall–Kier alpha value is -1.99. The lowest BCUT2D eigenvalue weighted by atomic mass is 10.1. The van der Waals surface area contributed by atoms with E-state index in [0.717, 1.165) is 22.1 Å². The van der Waals surface area contributed by atoms with Crippen molar-refractivity contribution < 1.29 is 19.5 Å². The fourth-order valence-corrected chi connectivity index (χ4v) is 2.58. The molecule has 0 aliphatic carbocycles. The predicted octanol–water partition coefficient (Wildman–Crippen LogP) is 1.22. The molecule has 0 saturated carbocycles. The van der Waals surface area contributed by atoms with Gasteiger partial charge >= 0.3 is 5.97 Å². The summed E-state index contributed by atoms with van der Waals surface area (Å²) >= 11 is 0.906. The number of carboxylic acid groups (broad SMARTS) is 1. The zero-order valence-electron chi connectivity index (χ0n) is 11.5. The molecule has 1 heterocycles. The van der Waals surface area contributed by atoms with Gasteiger partial charge < -0.3 is 5.11 Å². The van der Waals surface area contributed by atoms with E-state index in [9.17, 15) is 14.4 Å². The minimum Gasteiger partial charge on any atom is -0.481 e. The van der Waals surface area contributed by atoms with Crippen LogP contribution in [0, 0.1) is 0 Å². The van der Waals surface area contributed by atoms with E-state index in [1.165, 1.54) is 5.01 Å². The van der Waals surface area contributed by atoms with Crippen LogP contribution < -0.4 is 0 Å². The number of aliphatic carboxylic acids is 1. The maximum atomic E-state index is 12.3. The molecule has 1 N–H and O–H groups in total. The Morgan fingerprint density at radius 2 is 1.86 bits per heavy atom. The molecule has 6 nitrogen and oxygen atoms in total. The van der Waals surface area contributed by atoms with Crippen LogP contribution in [-0.4, -0.2) is 50.7 Å². The van der Waals surface area contributed by atoms with Crippen LogP contribution in [0.2, 0.25) is 0 Å². The second-order valence-corrected chi connectivity index (χ2v) is 5.62. The highest BCUT2D eigenvalue weighted by Crippen LogP contribution is 2.23. The number of benzene rings is 1. The summed E-state index contributed by atoms with van der Waals surface area (Å²) in [5.74, 6) is -0.988. The van der Waals surface area contributed by atoms with E-state index in [1.54, 1.807) is 29.8 Å². The molecule has 0 spiro atoms. The summed E-state index contributed by atoms with van der Waals surface area (Å²) < 4.78 is 0. The van der Waals surface area contributed by atoms with Crippen molar-refractivity contribution in [3.63, 3.8) is 0 Å². The van der Waals surface area contributed by atoms with Crippen molar-refractivity contribution >= 4 is 34.6 Å². The molecule has 21 heavy (non-hydrogen) atoms. The normalized spacial score (nSPS) is 14.7. The lowest BCUT2D eigenvalue weighted by Gasteiger charge is -2.26. The first-order chi connectivity index (χ1) is 10.1. The predicted molar refractivity (Wildman–Crippen MR) is 81.5 cm³/mol. The van der Waals surface area contributed by atoms with E-state index in [2.05, 4.69) is 0 Å². The van der Waals surface area contributed by atoms with Crippen molar-refractivity contribution in [3.05, 3.63) is 35.4 Å². The van der Waals surface area contributed by atoms with E-state index in [4.69, 9.17) is 5.11 Å². The fourth-order valence-electron chi connectivity index (χ4n) is 2.01. The van der Waals surface area contributed by atoms with Gasteiger partial charge in [-0.05, 0) is 17.9 Å². The van der Waals surface area contributed by atoms with Gasteiger partial charge in [-0.2, -0.15) is 21.4 Å². The highest BCUT2D eigenvalue weighted by Gasteiger charge is 2.38. The molecule has 1 aromatic rings. The van der Waals surface area contributed by atoms with Gasteiger partial charge in [0.05, 0.1) is 17.5 Å². The number of imide groups is 1. The quantitative estimate of drug-likeness (QED) is 0.469. The van der Waals surface area contributed by atoms with Gasteiger partial charge in [-0.3, -0.25) is 14.4 Å². The molecule has 2 amide bonds. The number of carbonyl (C=O) groups is 3. The number of carbonyl (C=O) groups excluding carboxylic acids is 2. The number of fused-ring (bicyclic) bond motifs is 1. The lowest BCUT2D eigenvalue weighted by Crippen LogP contribution is -2.46. The summed E-state index contributed by atoms with van der Waals surface area (Å²) in [5, 5.41) is 11.2. The summed E-state index contributed by atoms with van der Waals surface area (Å²) in [4.78, 5) is 35.4. The summed E-state index contributed by atoms with van der Waals surface area (Å²) in [7, 11) is 0. The average Bonchev–Trinajstić information content (AvgIpc) is 2.72. The lowest BCUT2D eigenvalue weighted by molar-refractivity contribution is -0.137. The number of amides is 2. The standard InChI is InChI=1S/C14H16N2O4S/c1-2-21-9-15(8-7-12(17)18)16-13(19)10-5-3-4-6-11(10)14(16)20/h3-6,9,21H,2,7-8H2,1H3,(H,17,18). The largest absolute Gasteiger partial charge is 0.481 e. The zero-order valence-corrected chi connectivity index (χ0v) is 12.4. The third-order valence-electron chi connectivity index (χ3n) is 2.98. The minimum atomic E-state index is -0.974. The summed E-state index contributed by atoms with van der Waals surface area (Å²) in [6.45, 7) is 2.03. The van der Waals surface area contributed by atoms with E-state index >= 15 is 0 Å². The summed E-state index contributed by atoms with van der Waals surface area (Å²) in [5.41, 5.74) is 2.37. The van der Waals surface area contributed by atoms with Gasteiger partial charge in [0.25, 0.3) is 11.8 Å². The van der Waals surface area contributed by atoms with Crippen molar-refractivity contribution in [2.24, 2.45) is 0 Å². The molecule has 0 unspecified atom stereocenters. The molecule has 112 valence electrons. The molecule has 0 fully saturated rings. The van der Waals surface area contributed by atoms with Crippen molar-refractivity contribution in [3.8, 4) is 0 Å². The molecule has 0 aromatic heterocycles. The highest BCUT2D eigenvalue weighted by atomic mass is 32.1. The number of nitrogens with zero attached hydrogens (tertiary/aromatic N) is 2. The van der Waals surface area contributed by atoms with Crippen LogP contribution in [0.4, 0.5) is 0 Å². The van der Waals surface area contributed by atoms with Gasteiger partial charge in [0.1, 0.15) is 0 Å². The van der Waals surface area contributed by atoms with Gasteiger partial charge in [0, 0.05) is 12.0 Å². The molecule has 0 bridgehead atoms. The van der Waals surface area contributed by atoms with Gasteiger partial charge in [0.15, 0.2) is 0 Å². The Morgan fingerprint density at radius 3 is 2.33 bits per heavy atom. The summed E-state index contributed by atoms with van der Waals surface area (Å²) in [6.07, 6.45) is -0.150. The SMILES string of the molecule is CC[SH]=CN(CCC(=O)O)N1C(=O)c2ccccc2C1=O. The second-order valence-electron chi connectivity index (χ2n) is 4.39. The molecule has 1 aliphatic rings. The van der Waals surface area contributed by atoms with Gasteiger partial charge in [-0.15, -0.1) is 0 Å². The number of hydrazine groups is 1. The monoisotopic (exact) mass is 308 g/mol. The smallest absolute Gasteiger partial charge is 0.304 e. The van der Waals surface area contributed by atoms with Gasteiger partial charge in [-0.25, -0.2) is 0 Å². The second kappa shape index (κ2) is 6.64. The molecule has 0 saturated heterocycles. The topological polar surface area (TPSA) is 77.9 Å². The molecular formula is C14H16N2O4S. The zero-order chi connectivity index (χ0) is 15.4. The molecule has 1 aliphatic heterocycles. The molecule has 0 radical (unpaired) electrons. The van der Waals surface area contributed by atoms with Crippen LogP contribution in [-0.2, 0) is 4.79 Å². The first kappa shape index (κ1) is 15.4. The third-order valence-corrected chi connectivity index (χ3v) is 3.78. The molecule has 0 atom stereocenters. The van der Waals surface area contributed by atoms with Crippen LogP contribution in [0.1, 0.15) is 34.1 Å². The maximum absolute atomic E-state index is 12.3. The number of hydrogen-bond donors (Lipinski definition) is 2. The van der Waals surface area contributed by atoms with Crippen LogP contribution >= 0.6 is 11.4 Å². The molecule has 2 rings (SSSR count). The number of hydrogen-bond acceptors (Lipinski definition) is 3. The highest BCUT2D eigenvalue weighted by molar-refractivity contribution is 7.97. The molecule has 1 aromatic carbocycles. The van der Waals surface area contributed by atoms with Crippen LogP contribution in [0.5, 0.6) is 0 Å². The number of thiol groups is 1. The van der Waals surface area contributed by atoms with E-state index < -0.39 is 17.8 Å². The van der Waals surface area contributed by atoms with E-state index in [0.29, 0.717) is 11.1 Å². The first-order valence-electron chi connectivity index (χ1n) is 6.52. The fraction of sp³-hybridized carbons (Fsp3) is 0.286. The number of rotatable bonds is 6. The van der Waals surface area contributed by atoms with Crippen LogP contribution in [0.15, 0.2) is 24.3 Å². The summed E-state index contributed by atoms with van der Waals surface area (Å²) in [6, 6.07) is 6.59. The molecular weight excluding hydrogens is 292 g/mol. The van der Waals surface area contributed by atoms with Gasteiger partial charge in [-0.1, -0.05) is 19.1 Å². The Balaban J connectivity index is 2.29. The van der Waals surface area contributed by atoms with Crippen molar-refractivity contribution in [1.82, 2.24) is 10.0 Å². The van der Waals surface area contributed by atoms with Crippen molar-refractivity contribution in [2.75, 3.05) is 12.3 Å². The first-order valence-corrected chi connectivity index (χ1v) is 7.67. The van der Waals surface area contributed by atoms with E-state index in [-0.39, 0.29) is 13.0 Å².